The van der Waals surface area contributed by atoms with Gasteiger partial charge in [0.05, 0.1) is 11.2 Å². The van der Waals surface area contributed by atoms with E-state index in [1.165, 1.54) is 0 Å². The number of piperidine rings is 1. The molecule has 0 aromatic heterocycles. The van der Waals surface area contributed by atoms with Crippen LogP contribution in [0.5, 0.6) is 5.75 Å². The van der Waals surface area contributed by atoms with Crippen molar-refractivity contribution in [3.05, 3.63) is 23.8 Å². The van der Waals surface area contributed by atoms with Crippen molar-refractivity contribution in [2.24, 2.45) is 0 Å². The maximum atomic E-state index is 12.8. The molecule has 3 rings (SSSR count). The molecule has 7 heteroatoms. The van der Waals surface area contributed by atoms with Crippen LogP contribution in [0.4, 0.5) is 8.78 Å². The quantitative estimate of drug-likeness (QED) is 0.732. The van der Waals surface area contributed by atoms with Crippen molar-refractivity contribution in [1.82, 2.24) is 4.90 Å². The summed E-state index contributed by atoms with van der Waals surface area (Å²) in [5, 5.41) is 0. The van der Waals surface area contributed by atoms with Gasteiger partial charge >= 0.3 is 7.12 Å². The second-order valence-corrected chi connectivity index (χ2v) is 8.67. The molecular formula is C20H30BF2NO3. The minimum atomic E-state index is -2.50. The fourth-order valence-electron chi connectivity index (χ4n) is 3.61. The number of nitrogens with zero attached hydrogens (tertiary/aromatic N) is 1. The topological polar surface area (TPSA) is 30.9 Å². The largest absolute Gasteiger partial charge is 0.494 e. The highest BCUT2D eigenvalue weighted by atomic mass is 19.3. The molecule has 1 aromatic rings. The van der Waals surface area contributed by atoms with Crippen LogP contribution in [-0.2, 0) is 9.31 Å². The SMILES string of the molecule is CN1CCC(c2ccc(B3OC(C)(C)C(C)(C)O3)cc2OCC(F)F)CC1. The minimum absolute atomic E-state index is 0.321. The molecule has 0 radical (unpaired) electrons. The molecule has 4 nitrogen and oxygen atoms in total. The number of ether oxygens (including phenoxy) is 1. The maximum absolute atomic E-state index is 12.8. The van der Waals surface area contributed by atoms with Gasteiger partial charge in [-0.05, 0) is 83.7 Å². The van der Waals surface area contributed by atoms with E-state index in [4.69, 9.17) is 14.0 Å². The smallest absolute Gasteiger partial charge is 0.487 e. The van der Waals surface area contributed by atoms with Crippen LogP contribution in [0.3, 0.4) is 0 Å². The Labute approximate surface area is 161 Å². The van der Waals surface area contributed by atoms with Crippen LogP contribution in [0.15, 0.2) is 18.2 Å². The summed E-state index contributed by atoms with van der Waals surface area (Å²) in [6.45, 7) is 9.37. The van der Waals surface area contributed by atoms with Crippen LogP contribution in [0, 0.1) is 0 Å². The molecule has 0 atom stereocenters. The zero-order chi connectivity index (χ0) is 19.8. The Kier molecular flexibility index (Phi) is 5.85. The van der Waals surface area contributed by atoms with E-state index in [-0.39, 0.29) is 0 Å². The summed E-state index contributed by atoms with van der Waals surface area (Å²) < 4.78 is 43.2. The van der Waals surface area contributed by atoms with Crippen LogP contribution < -0.4 is 10.2 Å². The van der Waals surface area contributed by atoms with Gasteiger partial charge in [-0.25, -0.2) is 8.78 Å². The predicted octanol–water partition coefficient (Wildman–Crippen LogP) is 3.44. The normalized spacial score (nSPS) is 23.2. The van der Waals surface area contributed by atoms with Gasteiger partial charge in [-0.3, -0.25) is 0 Å². The first-order chi connectivity index (χ1) is 12.6. The zero-order valence-corrected chi connectivity index (χ0v) is 16.9. The lowest BCUT2D eigenvalue weighted by molar-refractivity contribution is 0.00578. The summed E-state index contributed by atoms with van der Waals surface area (Å²) in [6, 6.07) is 5.79. The minimum Gasteiger partial charge on any atom is -0.487 e. The van der Waals surface area contributed by atoms with Crippen molar-refractivity contribution in [2.75, 3.05) is 26.7 Å². The molecule has 150 valence electrons. The average Bonchev–Trinajstić information content (AvgIpc) is 2.81. The first kappa shape index (κ1) is 20.6. The first-order valence-electron chi connectivity index (χ1n) is 9.68. The summed E-state index contributed by atoms with van der Waals surface area (Å²) in [6.07, 6.45) is -0.509. The van der Waals surface area contributed by atoms with E-state index in [2.05, 4.69) is 11.9 Å². The molecule has 2 fully saturated rings. The van der Waals surface area contributed by atoms with Crippen molar-refractivity contribution < 1.29 is 22.8 Å². The monoisotopic (exact) mass is 381 g/mol. The fourth-order valence-corrected chi connectivity index (χ4v) is 3.61. The van der Waals surface area contributed by atoms with Crippen LogP contribution in [0.2, 0.25) is 0 Å². The van der Waals surface area contributed by atoms with Crippen LogP contribution in [-0.4, -0.2) is 56.4 Å². The highest BCUT2D eigenvalue weighted by molar-refractivity contribution is 6.62. The standard InChI is InChI=1S/C20H30BF2NO3/c1-19(2)20(3,4)27-21(26-19)15-6-7-16(14-8-10-24(5)11-9-14)17(12-15)25-13-18(22)23/h6-7,12,14,18H,8-11,13H2,1-5H3. The number of likely N-dealkylation sites (tertiary alicyclic amines) is 1. The number of hydrogen-bond acceptors (Lipinski definition) is 4. The van der Waals surface area contributed by atoms with Crippen molar-refractivity contribution >= 4 is 12.6 Å². The molecule has 0 spiro atoms. The zero-order valence-electron chi connectivity index (χ0n) is 16.9. The molecule has 0 aliphatic carbocycles. The Morgan fingerprint density at radius 1 is 1.15 bits per heavy atom. The van der Waals surface area contributed by atoms with Gasteiger partial charge < -0.3 is 18.9 Å². The number of benzene rings is 1. The molecule has 0 bridgehead atoms. The van der Waals surface area contributed by atoms with E-state index in [0.29, 0.717) is 11.7 Å². The number of rotatable bonds is 5. The third-order valence-electron chi connectivity index (χ3n) is 6.09. The summed E-state index contributed by atoms with van der Waals surface area (Å²) in [5.41, 5.74) is 0.904. The van der Waals surface area contributed by atoms with Gasteiger partial charge in [0.1, 0.15) is 12.4 Å². The van der Waals surface area contributed by atoms with Gasteiger partial charge in [-0.15, -0.1) is 0 Å². The highest BCUT2D eigenvalue weighted by Crippen LogP contribution is 2.38. The molecule has 0 N–H and O–H groups in total. The third-order valence-corrected chi connectivity index (χ3v) is 6.09. The highest BCUT2D eigenvalue weighted by Gasteiger charge is 2.51. The van der Waals surface area contributed by atoms with E-state index in [0.717, 1.165) is 37.0 Å². The number of alkyl halides is 2. The second kappa shape index (κ2) is 7.68. The van der Waals surface area contributed by atoms with Gasteiger partial charge in [0.15, 0.2) is 0 Å². The maximum Gasteiger partial charge on any atom is 0.494 e. The van der Waals surface area contributed by atoms with Gasteiger partial charge in [0.2, 0.25) is 0 Å². The predicted molar refractivity (Wildman–Crippen MR) is 103 cm³/mol. The Balaban J connectivity index is 1.86. The number of halogens is 2. The van der Waals surface area contributed by atoms with Gasteiger partial charge in [0.25, 0.3) is 6.43 Å². The molecule has 2 aliphatic rings. The van der Waals surface area contributed by atoms with Crippen molar-refractivity contribution in [3.63, 3.8) is 0 Å². The van der Waals surface area contributed by atoms with E-state index < -0.39 is 31.4 Å². The van der Waals surface area contributed by atoms with Crippen molar-refractivity contribution in [2.45, 2.75) is 64.1 Å². The average molecular weight is 381 g/mol. The molecular weight excluding hydrogens is 351 g/mol. The van der Waals surface area contributed by atoms with Crippen LogP contribution >= 0.6 is 0 Å². The first-order valence-corrected chi connectivity index (χ1v) is 9.68. The molecule has 27 heavy (non-hydrogen) atoms. The Hall–Kier alpha value is -1.18. The molecule has 0 saturated carbocycles. The van der Waals surface area contributed by atoms with Gasteiger partial charge in [-0.1, -0.05) is 12.1 Å². The molecule has 0 unspecified atom stereocenters. The van der Waals surface area contributed by atoms with Crippen molar-refractivity contribution in [1.29, 1.82) is 0 Å². The van der Waals surface area contributed by atoms with Crippen LogP contribution in [0.1, 0.15) is 52.0 Å². The van der Waals surface area contributed by atoms with E-state index in [1.54, 1.807) is 0 Å². The number of hydrogen-bond donors (Lipinski definition) is 0. The van der Waals surface area contributed by atoms with Gasteiger partial charge in [-0.2, -0.15) is 0 Å². The van der Waals surface area contributed by atoms with Crippen LogP contribution in [0.25, 0.3) is 0 Å². The van der Waals surface area contributed by atoms with E-state index in [1.807, 2.05) is 45.9 Å². The van der Waals surface area contributed by atoms with Crippen molar-refractivity contribution in [3.8, 4) is 5.75 Å². The molecule has 1 aromatic carbocycles. The third kappa shape index (κ3) is 4.46. The lowest BCUT2D eigenvalue weighted by Gasteiger charge is -2.32. The Morgan fingerprint density at radius 2 is 1.74 bits per heavy atom. The summed E-state index contributed by atoms with van der Waals surface area (Å²) in [5.74, 6) is 0.846. The molecule has 2 aliphatic heterocycles. The van der Waals surface area contributed by atoms with E-state index in [9.17, 15) is 8.78 Å². The summed E-state index contributed by atoms with van der Waals surface area (Å²) >= 11 is 0. The Morgan fingerprint density at radius 3 is 2.30 bits per heavy atom. The molecule has 2 saturated heterocycles. The fraction of sp³-hybridized carbons (Fsp3) is 0.700. The van der Waals surface area contributed by atoms with Gasteiger partial charge in [0, 0.05) is 0 Å². The lowest BCUT2D eigenvalue weighted by Crippen LogP contribution is -2.41. The van der Waals surface area contributed by atoms with E-state index >= 15 is 0 Å². The lowest BCUT2D eigenvalue weighted by atomic mass is 9.77. The second-order valence-electron chi connectivity index (χ2n) is 8.67. The molecule has 2 heterocycles. The Bertz CT molecular complexity index is 645. The molecule has 0 amide bonds. The summed E-state index contributed by atoms with van der Waals surface area (Å²) in [4.78, 5) is 2.29. The summed E-state index contributed by atoms with van der Waals surface area (Å²) in [7, 11) is 1.57.